The summed E-state index contributed by atoms with van der Waals surface area (Å²) in [4.78, 5) is 12.3. The van der Waals surface area contributed by atoms with Gasteiger partial charge in [-0.3, -0.25) is 4.79 Å². The third kappa shape index (κ3) is 4.56. The number of hydrogen-bond acceptors (Lipinski definition) is 5. The number of carbonyl (C=O) groups excluding carboxylic acids is 1. The van der Waals surface area contributed by atoms with Crippen LogP contribution in [0.1, 0.15) is 29.8 Å². The van der Waals surface area contributed by atoms with Crippen LogP contribution in [-0.4, -0.2) is 27.0 Å². The van der Waals surface area contributed by atoms with Gasteiger partial charge in [-0.2, -0.15) is 18.8 Å². The van der Waals surface area contributed by atoms with E-state index in [1.165, 1.54) is 6.07 Å². The van der Waals surface area contributed by atoms with Crippen LogP contribution < -0.4 is 14.8 Å². The predicted molar refractivity (Wildman–Crippen MR) is 110 cm³/mol. The van der Waals surface area contributed by atoms with Crippen molar-refractivity contribution in [1.82, 2.24) is 4.72 Å². The molecule has 0 saturated heterocycles. The number of fused-ring (bicyclic) bond motifs is 1. The molecule has 1 atom stereocenters. The predicted octanol–water partition coefficient (Wildman–Crippen LogP) is 2.90. The molecule has 2 N–H and O–H groups in total. The molecule has 0 bridgehead atoms. The number of halogens is 2. The minimum absolute atomic E-state index is 0. The lowest BCUT2D eigenvalue weighted by Crippen LogP contribution is -2.40. The topological polar surface area (TPSA) is 108 Å². The van der Waals surface area contributed by atoms with E-state index in [0.29, 0.717) is 0 Å². The summed E-state index contributed by atoms with van der Waals surface area (Å²) in [6, 6.07) is 6.21. The third-order valence-electron chi connectivity index (χ3n) is 4.45. The molecule has 0 radical (unpaired) electrons. The van der Waals surface area contributed by atoms with Crippen LogP contribution >= 0.6 is 13.5 Å². The quantitative estimate of drug-likeness (QED) is 0.740. The van der Waals surface area contributed by atoms with Crippen LogP contribution in [0.3, 0.4) is 0 Å². The van der Waals surface area contributed by atoms with Crippen molar-refractivity contribution in [3.05, 3.63) is 53.1 Å². The van der Waals surface area contributed by atoms with E-state index in [2.05, 4.69) is 10.0 Å². The second-order valence-corrected chi connectivity index (χ2v) is 8.48. The number of rotatable bonds is 3. The number of nitrogens with one attached hydrogen (secondary N) is 2. The summed E-state index contributed by atoms with van der Waals surface area (Å²) in [5, 5.41) is 11.2. The standard InChI is InChI=1S/C19H17F2N3O4S.H2S/c1-10(2)15-9-28-18-16(29(26,27)24-15)6-5-14(21)17(18)19(25)23-12-3-4-13(20)11(7-12)8-22;/h3-7,10,15,24H,9H2,1-2H3,(H,23,25);1H2/t15-;/m1./s1. The Bertz CT molecular complexity index is 1130. The average molecular weight is 456 g/mol. The highest BCUT2D eigenvalue weighted by atomic mass is 32.2. The molecule has 0 spiro atoms. The molecule has 0 unspecified atom stereocenters. The molecular formula is C19H19F2N3O4S2. The van der Waals surface area contributed by atoms with Crippen LogP contribution in [0.4, 0.5) is 14.5 Å². The fourth-order valence-electron chi connectivity index (χ4n) is 2.79. The van der Waals surface area contributed by atoms with E-state index in [4.69, 9.17) is 10.00 Å². The summed E-state index contributed by atoms with van der Waals surface area (Å²) in [6.45, 7) is 3.49. The van der Waals surface area contributed by atoms with Gasteiger partial charge in [0, 0.05) is 5.69 Å². The van der Waals surface area contributed by atoms with Gasteiger partial charge in [0.25, 0.3) is 5.91 Å². The van der Waals surface area contributed by atoms with Crippen LogP contribution in [0.25, 0.3) is 0 Å². The molecular weight excluding hydrogens is 436 g/mol. The van der Waals surface area contributed by atoms with Crippen LogP contribution in [0.2, 0.25) is 0 Å². The molecule has 30 heavy (non-hydrogen) atoms. The molecule has 7 nitrogen and oxygen atoms in total. The van der Waals surface area contributed by atoms with Gasteiger partial charge < -0.3 is 10.1 Å². The van der Waals surface area contributed by atoms with E-state index >= 15 is 0 Å². The van der Waals surface area contributed by atoms with Gasteiger partial charge in [0.2, 0.25) is 10.0 Å². The SMILES string of the molecule is CC(C)[C@H]1COc2c(ccc(F)c2C(=O)Nc2ccc(F)c(C#N)c2)S(=O)(=O)N1.S. The van der Waals surface area contributed by atoms with E-state index in [0.717, 1.165) is 24.3 Å². The van der Waals surface area contributed by atoms with Crippen molar-refractivity contribution in [2.45, 2.75) is 24.8 Å². The van der Waals surface area contributed by atoms with E-state index in [9.17, 15) is 22.0 Å². The van der Waals surface area contributed by atoms with Crippen LogP contribution in [0.5, 0.6) is 5.75 Å². The summed E-state index contributed by atoms with van der Waals surface area (Å²) in [5.74, 6) is -3.26. The Labute approximate surface area is 179 Å². The largest absolute Gasteiger partial charge is 0.490 e. The van der Waals surface area contributed by atoms with Crippen LogP contribution in [0.15, 0.2) is 35.2 Å². The van der Waals surface area contributed by atoms with Crippen molar-refractivity contribution >= 4 is 35.1 Å². The molecule has 2 aromatic carbocycles. The molecule has 0 aliphatic carbocycles. The first kappa shape index (κ1) is 23.6. The Kier molecular flexibility index (Phi) is 7.07. The van der Waals surface area contributed by atoms with Crippen molar-refractivity contribution < 1.29 is 26.7 Å². The molecule has 1 heterocycles. The van der Waals surface area contributed by atoms with Crippen LogP contribution in [-0.2, 0) is 10.0 Å². The third-order valence-corrected chi connectivity index (χ3v) is 5.96. The highest BCUT2D eigenvalue weighted by Gasteiger charge is 2.34. The number of nitrogens with zero attached hydrogens (tertiary/aromatic N) is 1. The highest BCUT2D eigenvalue weighted by Crippen LogP contribution is 2.33. The Morgan fingerprint density at radius 2 is 1.93 bits per heavy atom. The first-order valence-corrected chi connectivity index (χ1v) is 10.1. The summed E-state index contributed by atoms with van der Waals surface area (Å²) in [6.07, 6.45) is 0. The van der Waals surface area contributed by atoms with Gasteiger partial charge in [-0.25, -0.2) is 21.9 Å². The van der Waals surface area contributed by atoms with E-state index in [1.54, 1.807) is 19.9 Å². The number of sulfonamides is 1. The Balaban J connectivity index is 0.00000320. The first-order chi connectivity index (χ1) is 13.6. The lowest BCUT2D eigenvalue weighted by atomic mass is 10.1. The number of nitriles is 1. The van der Waals surface area contributed by atoms with Crippen LogP contribution in [0, 0.1) is 28.9 Å². The minimum Gasteiger partial charge on any atom is -0.490 e. The molecule has 0 saturated carbocycles. The molecule has 3 rings (SSSR count). The van der Waals surface area contributed by atoms with E-state index < -0.39 is 44.9 Å². The fourth-order valence-corrected chi connectivity index (χ4v) is 4.30. The molecule has 11 heteroatoms. The number of ether oxygens (including phenoxy) is 1. The van der Waals surface area contributed by atoms with Gasteiger partial charge in [0.05, 0.1) is 11.6 Å². The van der Waals surface area contributed by atoms with E-state index in [1.807, 2.05) is 0 Å². The number of benzene rings is 2. The highest BCUT2D eigenvalue weighted by molar-refractivity contribution is 7.89. The Hall–Kier alpha value is -2.68. The second kappa shape index (κ2) is 8.99. The molecule has 2 aromatic rings. The maximum atomic E-state index is 14.5. The zero-order chi connectivity index (χ0) is 21.3. The smallest absolute Gasteiger partial charge is 0.262 e. The summed E-state index contributed by atoms with van der Waals surface area (Å²) in [5.41, 5.74) is -0.863. The van der Waals surface area contributed by atoms with Gasteiger partial charge in [-0.05, 0) is 36.2 Å². The summed E-state index contributed by atoms with van der Waals surface area (Å²) >= 11 is 0. The Morgan fingerprint density at radius 1 is 1.27 bits per heavy atom. The van der Waals surface area contributed by atoms with Gasteiger partial charge >= 0.3 is 0 Å². The summed E-state index contributed by atoms with van der Waals surface area (Å²) < 4.78 is 61.3. The average Bonchev–Trinajstić information content (AvgIpc) is 2.79. The number of amides is 1. The van der Waals surface area contributed by atoms with E-state index in [-0.39, 0.29) is 42.2 Å². The molecule has 1 aliphatic heterocycles. The first-order valence-electron chi connectivity index (χ1n) is 8.62. The van der Waals surface area contributed by atoms with Crippen molar-refractivity contribution in [2.75, 3.05) is 11.9 Å². The van der Waals surface area contributed by atoms with Gasteiger partial charge in [-0.1, -0.05) is 13.8 Å². The van der Waals surface area contributed by atoms with Gasteiger partial charge in [0.15, 0.2) is 5.75 Å². The number of anilines is 1. The summed E-state index contributed by atoms with van der Waals surface area (Å²) in [7, 11) is -4.05. The lowest BCUT2D eigenvalue weighted by Gasteiger charge is -2.18. The molecule has 160 valence electrons. The maximum Gasteiger partial charge on any atom is 0.262 e. The zero-order valence-electron chi connectivity index (χ0n) is 16.0. The monoisotopic (exact) mass is 455 g/mol. The zero-order valence-corrected chi connectivity index (χ0v) is 17.8. The minimum atomic E-state index is -4.05. The van der Waals surface area contributed by atoms with Crippen molar-refractivity contribution in [3.8, 4) is 11.8 Å². The number of hydrogen-bond donors (Lipinski definition) is 2. The molecule has 0 fully saturated rings. The van der Waals surface area contributed by atoms with Gasteiger partial charge in [-0.15, -0.1) is 0 Å². The van der Waals surface area contributed by atoms with Crippen molar-refractivity contribution in [1.29, 1.82) is 5.26 Å². The van der Waals surface area contributed by atoms with Gasteiger partial charge in [0.1, 0.15) is 34.8 Å². The maximum absolute atomic E-state index is 14.5. The lowest BCUT2D eigenvalue weighted by molar-refractivity contribution is 0.101. The molecule has 1 amide bonds. The Morgan fingerprint density at radius 3 is 2.57 bits per heavy atom. The second-order valence-electron chi connectivity index (χ2n) is 6.79. The van der Waals surface area contributed by atoms with Crippen molar-refractivity contribution in [3.63, 3.8) is 0 Å². The fraction of sp³-hybridized carbons (Fsp3) is 0.263. The molecule has 0 aromatic heterocycles. The normalized spacial score (nSPS) is 17.0. The molecule has 1 aliphatic rings. The van der Waals surface area contributed by atoms with Crippen molar-refractivity contribution in [2.24, 2.45) is 5.92 Å². The number of carbonyl (C=O) groups is 1.